The molecule has 0 aromatic rings. The molecule has 1 saturated carbocycles. The van der Waals surface area contributed by atoms with Crippen molar-refractivity contribution in [2.75, 3.05) is 13.6 Å². The highest BCUT2D eigenvalue weighted by Crippen LogP contribution is 2.27. The fourth-order valence-electron chi connectivity index (χ4n) is 1.74. The molecule has 0 saturated heterocycles. The van der Waals surface area contributed by atoms with Crippen molar-refractivity contribution in [2.45, 2.75) is 39.2 Å². The molecule has 1 amide bonds. The molecule has 0 aliphatic heterocycles. The molecule has 0 unspecified atom stereocenters. The number of nitrogens with zero attached hydrogens (tertiary/aromatic N) is 1. The highest BCUT2D eigenvalue weighted by atomic mass is 16.2. The Kier molecular flexibility index (Phi) is 3.93. The Bertz CT molecular complexity index is 197. The van der Waals surface area contributed by atoms with E-state index in [4.69, 9.17) is 5.73 Å². The van der Waals surface area contributed by atoms with E-state index in [-0.39, 0.29) is 17.9 Å². The van der Waals surface area contributed by atoms with E-state index in [2.05, 4.69) is 13.8 Å². The van der Waals surface area contributed by atoms with Crippen molar-refractivity contribution in [3.63, 3.8) is 0 Å². The van der Waals surface area contributed by atoms with Crippen molar-refractivity contribution >= 4 is 5.91 Å². The van der Waals surface area contributed by atoms with Crippen molar-refractivity contribution < 1.29 is 4.79 Å². The van der Waals surface area contributed by atoms with Crippen LogP contribution in [-0.2, 0) is 4.79 Å². The van der Waals surface area contributed by atoms with Gasteiger partial charge in [0.25, 0.3) is 0 Å². The first kappa shape index (κ1) is 11.5. The summed E-state index contributed by atoms with van der Waals surface area (Å²) in [5, 5.41) is 0. The predicted octanol–water partition coefficient (Wildman–Crippen LogP) is 1.23. The standard InChI is InChI=1S/C11H22N2O/c1-8(2)4-5-13(3)11(14)9-6-10(12)7-9/h8-10H,4-7,12H2,1-3H3. The van der Waals surface area contributed by atoms with Crippen molar-refractivity contribution in [3.05, 3.63) is 0 Å². The Morgan fingerprint density at radius 2 is 2.07 bits per heavy atom. The zero-order valence-corrected chi connectivity index (χ0v) is 9.49. The second kappa shape index (κ2) is 4.78. The molecule has 0 bridgehead atoms. The van der Waals surface area contributed by atoms with Crippen LogP contribution in [0.25, 0.3) is 0 Å². The van der Waals surface area contributed by atoms with Crippen LogP contribution in [-0.4, -0.2) is 30.4 Å². The van der Waals surface area contributed by atoms with Gasteiger partial charge in [-0.1, -0.05) is 13.8 Å². The van der Waals surface area contributed by atoms with Gasteiger partial charge in [-0.25, -0.2) is 0 Å². The molecular weight excluding hydrogens is 176 g/mol. The van der Waals surface area contributed by atoms with E-state index in [1.54, 1.807) is 0 Å². The SMILES string of the molecule is CC(C)CCN(C)C(=O)C1CC(N)C1. The zero-order chi connectivity index (χ0) is 10.7. The number of carbonyl (C=O) groups is 1. The first-order chi connectivity index (χ1) is 6.50. The van der Waals surface area contributed by atoms with Gasteiger partial charge in [-0.2, -0.15) is 0 Å². The summed E-state index contributed by atoms with van der Waals surface area (Å²) in [7, 11) is 1.90. The monoisotopic (exact) mass is 198 g/mol. The summed E-state index contributed by atoms with van der Waals surface area (Å²) in [6, 6.07) is 0.266. The fourth-order valence-corrected chi connectivity index (χ4v) is 1.74. The molecule has 1 rings (SSSR count). The lowest BCUT2D eigenvalue weighted by Gasteiger charge is -2.34. The second-order valence-corrected chi connectivity index (χ2v) is 4.87. The summed E-state index contributed by atoms with van der Waals surface area (Å²) in [6.45, 7) is 5.23. The Morgan fingerprint density at radius 3 is 2.50 bits per heavy atom. The van der Waals surface area contributed by atoms with Crippen LogP contribution in [0.4, 0.5) is 0 Å². The maximum Gasteiger partial charge on any atom is 0.225 e. The molecule has 82 valence electrons. The third kappa shape index (κ3) is 2.98. The third-order valence-corrected chi connectivity index (χ3v) is 2.94. The molecule has 3 heteroatoms. The lowest BCUT2D eigenvalue weighted by molar-refractivity contribution is -0.137. The minimum Gasteiger partial charge on any atom is -0.346 e. The number of amides is 1. The molecular formula is C11H22N2O. The second-order valence-electron chi connectivity index (χ2n) is 4.87. The maximum atomic E-state index is 11.8. The van der Waals surface area contributed by atoms with Gasteiger partial charge < -0.3 is 10.6 Å². The van der Waals surface area contributed by atoms with E-state index >= 15 is 0 Å². The highest BCUT2D eigenvalue weighted by molar-refractivity contribution is 5.79. The van der Waals surface area contributed by atoms with Gasteiger partial charge in [0.05, 0.1) is 0 Å². The Hall–Kier alpha value is -0.570. The number of carbonyl (C=O) groups excluding carboxylic acids is 1. The summed E-state index contributed by atoms with van der Waals surface area (Å²) in [5.41, 5.74) is 5.66. The van der Waals surface area contributed by atoms with E-state index < -0.39 is 0 Å². The summed E-state index contributed by atoms with van der Waals surface area (Å²) in [4.78, 5) is 13.6. The van der Waals surface area contributed by atoms with Crippen molar-refractivity contribution in [1.82, 2.24) is 4.90 Å². The number of nitrogens with two attached hydrogens (primary N) is 1. The van der Waals surface area contributed by atoms with Gasteiger partial charge in [0, 0.05) is 25.6 Å². The van der Waals surface area contributed by atoms with Crippen LogP contribution in [0, 0.1) is 11.8 Å². The molecule has 1 aliphatic rings. The first-order valence-electron chi connectivity index (χ1n) is 5.51. The van der Waals surface area contributed by atoms with E-state index in [0.717, 1.165) is 25.8 Å². The Labute approximate surface area is 86.6 Å². The minimum atomic E-state index is 0.210. The van der Waals surface area contributed by atoms with Crippen LogP contribution < -0.4 is 5.73 Å². The van der Waals surface area contributed by atoms with Gasteiger partial charge in [0.2, 0.25) is 5.91 Å². The zero-order valence-electron chi connectivity index (χ0n) is 9.49. The molecule has 2 N–H and O–H groups in total. The molecule has 0 radical (unpaired) electrons. The highest BCUT2D eigenvalue weighted by Gasteiger charge is 2.33. The lowest BCUT2D eigenvalue weighted by Crippen LogP contribution is -2.45. The Balaban J connectivity index is 2.23. The lowest BCUT2D eigenvalue weighted by atomic mass is 9.80. The van der Waals surface area contributed by atoms with Crippen LogP contribution in [0.2, 0.25) is 0 Å². The molecule has 1 aliphatic carbocycles. The summed E-state index contributed by atoms with van der Waals surface area (Å²) < 4.78 is 0. The van der Waals surface area contributed by atoms with Crippen molar-refractivity contribution in [2.24, 2.45) is 17.6 Å². The molecule has 3 nitrogen and oxygen atoms in total. The van der Waals surface area contributed by atoms with Crippen molar-refractivity contribution in [3.8, 4) is 0 Å². The average molecular weight is 198 g/mol. The normalized spacial score (nSPS) is 26.1. The van der Waals surface area contributed by atoms with Gasteiger partial charge in [0.15, 0.2) is 0 Å². The van der Waals surface area contributed by atoms with E-state index in [9.17, 15) is 4.79 Å². The summed E-state index contributed by atoms with van der Waals surface area (Å²) in [5.74, 6) is 1.16. The number of hydrogen-bond donors (Lipinski definition) is 1. The van der Waals surface area contributed by atoms with Crippen LogP contribution in [0.5, 0.6) is 0 Å². The van der Waals surface area contributed by atoms with E-state index in [1.807, 2.05) is 11.9 Å². The molecule has 0 spiro atoms. The van der Waals surface area contributed by atoms with Crippen LogP contribution in [0.15, 0.2) is 0 Å². The summed E-state index contributed by atoms with van der Waals surface area (Å²) >= 11 is 0. The summed E-state index contributed by atoms with van der Waals surface area (Å²) in [6.07, 6.45) is 2.84. The van der Waals surface area contributed by atoms with Crippen LogP contribution >= 0.6 is 0 Å². The third-order valence-electron chi connectivity index (χ3n) is 2.94. The van der Waals surface area contributed by atoms with E-state index in [0.29, 0.717) is 5.92 Å². The smallest absolute Gasteiger partial charge is 0.225 e. The van der Waals surface area contributed by atoms with Gasteiger partial charge in [-0.15, -0.1) is 0 Å². The largest absolute Gasteiger partial charge is 0.346 e. The van der Waals surface area contributed by atoms with Crippen LogP contribution in [0.3, 0.4) is 0 Å². The molecule has 0 aromatic carbocycles. The molecule has 0 heterocycles. The van der Waals surface area contributed by atoms with Gasteiger partial charge >= 0.3 is 0 Å². The van der Waals surface area contributed by atoms with E-state index in [1.165, 1.54) is 0 Å². The molecule has 14 heavy (non-hydrogen) atoms. The molecule has 0 aromatic heterocycles. The topological polar surface area (TPSA) is 46.3 Å². The van der Waals surface area contributed by atoms with Crippen molar-refractivity contribution in [1.29, 1.82) is 0 Å². The van der Waals surface area contributed by atoms with Gasteiger partial charge in [0.1, 0.15) is 0 Å². The van der Waals surface area contributed by atoms with Crippen LogP contribution in [0.1, 0.15) is 33.1 Å². The Morgan fingerprint density at radius 1 is 1.50 bits per heavy atom. The predicted molar refractivity (Wildman–Crippen MR) is 57.8 cm³/mol. The number of rotatable bonds is 4. The first-order valence-corrected chi connectivity index (χ1v) is 5.51. The molecule has 1 fully saturated rings. The van der Waals surface area contributed by atoms with Gasteiger partial charge in [-0.3, -0.25) is 4.79 Å². The molecule has 0 atom stereocenters. The quantitative estimate of drug-likeness (QED) is 0.738. The fraction of sp³-hybridized carbons (Fsp3) is 0.909. The maximum absolute atomic E-state index is 11.8. The number of hydrogen-bond acceptors (Lipinski definition) is 2. The average Bonchev–Trinajstić information content (AvgIpc) is 2.07. The minimum absolute atomic E-state index is 0.210. The van der Waals surface area contributed by atoms with Gasteiger partial charge in [-0.05, 0) is 25.2 Å².